The Labute approximate surface area is 129 Å². The van der Waals surface area contributed by atoms with Gasteiger partial charge in [-0.05, 0) is 57.5 Å². The molecular formula is C18H41NO. The summed E-state index contributed by atoms with van der Waals surface area (Å²) in [6, 6.07) is 0. The zero-order valence-electron chi connectivity index (χ0n) is 12.7. The Bertz CT molecular complexity index is 180. The minimum absolute atomic E-state index is 0. The molecule has 20 heavy (non-hydrogen) atoms. The van der Waals surface area contributed by atoms with Crippen LogP contribution in [0.4, 0.5) is 0 Å². The molecular weight excluding hydrogens is 246 g/mol. The summed E-state index contributed by atoms with van der Waals surface area (Å²) in [5, 5.41) is 3.33. The molecule has 0 amide bonds. The van der Waals surface area contributed by atoms with Gasteiger partial charge < -0.3 is 10.1 Å². The molecule has 3 aliphatic rings. The van der Waals surface area contributed by atoms with Gasteiger partial charge in [-0.15, -0.1) is 0 Å². The van der Waals surface area contributed by atoms with Gasteiger partial charge in [-0.1, -0.05) is 48.0 Å². The van der Waals surface area contributed by atoms with E-state index in [1.807, 2.05) is 0 Å². The van der Waals surface area contributed by atoms with Gasteiger partial charge >= 0.3 is 0 Å². The summed E-state index contributed by atoms with van der Waals surface area (Å²) in [5.41, 5.74) is 0. The molecule has 1 saturated carbocycles. The fraction of sp³-hybridized carbons (Fsp3) is 1.00. The first-order chi connectivity index (χ1) is 8.68. The van der Waals surface area contributed by atoms with Crippen LogP contribution >= 0.6 is 0 Å². The highest BCUT2D eigenvalue weighted by atomic mass is 16.5. The van der Waals surface area contributed by atoms with Crippen molar-refractivity contribution in [3.8, 4) is 0 Å². The molecule has 0 aromatic heterocycles. The first kappa shape index (κ1) is 22.2. The first-order valence-electron chi connectivity index (χ1n) is 8.00. The number of nitrogens with one attached hydrogen (secondary N) is 1. The lowest BCUT2D eigenvalue weighted by atomic mass is 9.88. The molecule has 2 nitrogen and oxygen atoms in total. The van der Waals surface area contributed by atoms with Crippen LogP contribution in [0.2, 0.25) is 0 Å². The minimum Gasteiger partial charge on any atom is -0.379 e. The molecule has 1 N–H and O–H groups in total. The van der Waals surface area contributed by atoms with E-state index in [0.29, 0.717) is 6.10 Å². The second-order valence-electron chi connectivity index (χ2n) is 6.31. The fourth-order valence-corrected chi connectivity index (χ4v) is 2.38. The molecule has 124 valence electrons. The van der Waals surface area contributed by atoms with Gasteiger partial charge in [0, 0.05) is 6.61 Å². The van der Waals surface area contributed by atoms with Crippen LogP contribution in [0.5, 0.6) is 0 Å². The molecule has 0 aromatic carbocycles. The molecule has 3 rings (SSSR count). The van der Waals surface area contributed by atoms with E-state index in [2.05, 4.69) is 26.1 Å². The fourth-order valence-electron chi connectivity index (χ4n) is 2.38. The summed E-state index contributed by atoms with van der Waals surface area (Å²) in [4.78, 5) is 0. The maximum atomic E-state index is 5.15. The van der Waals surface area contributed by atoms with Crippen LogP contribution in [0.3, 0.4) is 0 Å². The van der Waals surface area contributed by atoms with E-state index in [-0.39, 0.29) is 14.9 Å². The van der Waals surface area contributed by atoms with Crippen molar-refractivity contribution in [2.75, 3.05) is 19.7 Å². The van der Waals surface area contributed by atoms with E-state index >= 15 is 0 Å². The minimum atomic E-state index is 0. The standard InChI is InChI=1S/C6H13N.C5H10O.C5H10.2CH4/c1-6-3-2-4-7-5-6;1-5-3-2-4-6-5;1-5-3-2-4-5;;/h6-7H,2-5H2,1H3;5H,2-4H2,1H3;5H,2-4H2,1H3;2*1H4/t6-;5-;;;/m00.../s1. The zero-order chi connectivity index (χ0) is 13.2. The summed E-state index contributed by atoms with van der Waals surface area (Å²) in [5.74, 6) is 1.99. The largest absolute Gasteiger partial charge is 0.379 e. The second-order valence-corrected chi connectivity index (χ2v) is 6.31. The molecule has 2 atom stereocenters. The van der Waals surface area contributed by atoms with Gasteiger partial charge in [-0.2, -0.15) is 0 Å². The predicted molar refractivity (Wildman–Crippen MR) is 92.4 cm³/mol. The maximum absolute atomic E-state index is 5.15. The van der Waals surface area contributed by atoms with Crippen molar-refractivity contribution in [1.82, 2.24) is 5.32 Å². The second kappa shape index (κ2) is 13.9. The Morgan fingerprint density at radius 2 is 1.40 bits per heavy atom. The summed E-state index contributed by atoms with van der Waals surface area (Å²) in [6.07, 6.45) is 10.3. The van der Waals surface area contributed by atoms with Crippen molar-refractivity contribution in [3.63, 3.8) is 0 Å². The van der Waals surface area contributed by atoms with Crippen molar-refractivity contribution in [3.05, 3.63) is 0 Å². The maximum Gasteiger partial charge on any atom is 0.0547 e. The quantitative estimate of drug-likeness (QED) is 0.655. The van der Waals surface area contributed by atoms with Gasteiger partial charge in [0.15, 0.2) is 0 Å². The Morgan fingerprint density at radius 1 is 0.800 bits per heavy atom. The van der Waals surface area contributed by atoms with Crippen molar-refractivity contribution in [2.45, 2.75) is 86.7 Å². The summed E-state index contributed by atoms with van der Waals surface area (Å²) < 4.78 is 5.15. The third-order valence-electron chi connectivity index (χ3n) is 4.09. The first-order valence-corrected chi connectivity index (χ1v) is 8.00. The summed E-state index contributed by atoms with van der Waals surface area (Å²) in [7, 11) is 0. The summed E-state index contributed by atoms with van der Waals surface area (Å²) >= 11 is 0. The smallest absolute Gasteiger partial charge is 0.0547 e. The van der Waals surface area contributed by atoms with Gasteiger partial charge in [0.1, 0.15) is 0 Å². The normalized spacial score (nSPS) is 28.4. The van der Waals surface area contributed by atoms with E-state index in [1.165, 1.54) is 58.0 Å². The number of piperidine rings is 1. The Hall–Kier alpha value is -0.0800. The van der Waals surface area contributed by atoms with Gasteiger partial charge in [0.2, 0.25) is 0 Å². The molecule has 2 aliphatic heterocycles. The van der Waals surface area contributed by atoms with Gasteiger partial charge in [-0.3, -0.25) is 0 Å². The molecule has 0 aromatic rings. The van der Waals surface area contributed by atoms with Crippen molar-refractivity contribution in [2.24, 2.45) is 11.8 Å². The Morgan fingerprint density at radius 3 is 1.55 bits per heavy atom. The SMILES string of the molecule is C.C.CC1CCC1.C[C@H]1CCCNC1.C[C@H]1CCCO1. The molecule has 2 heteroatoms. The number of rotatable bonds is 0. The lowest BCUT2D eigenvalue weighted by Crippen LogP contribution is -2.27. The van der Waals surface area contributed by atoms with Crippen LogP contribution in [0.15, 0.2) is 0 Å². The highest BCUT2D eigenvalue weighted by molar-refractivity contribution is 4.63. The third kappa shape index (κ3) is 11.7. The van der Waals surface area contributed by atoms with Crippen molar-refractivity contribution >= 4 is 0 Å². The van der Waals surface area contributed by atoms with Crippen LogP contribution < -0.4 is 5.32 Å². The lowest BCUT2D eigenvalue weighted by Gasteiger charge is -2.18. The lowest BCUT2D eigenvalue weighted by molar-refractivity contribution is 0.125. The molecule has 1 aliphatic carbocycles. The molecule has 2 heterocycles. The van der Waals surface area contributed by atoms with Crippen LogP contribution in [-0.4, -0.2) is 25.8 Å². The van der Waals surface area contributed by atoms with Gasteiger partial charge in [0.25, 0.3) is 0 Å². The average Bonchev–Trinajstić information content (AvgIpc) is 2.80. The molecule has 0 radical (unpaired) electrons. The van der Waals surface area contributed by atoms with E-state index in [1.54, 1.807) is 0 Å². The Kier molecular flexibility index (Phi) is 15.4. The van der Waals surface area contributed by atoms with Crippen LogP contribution in [-0.2, 0) is 4.74 Å². The summed E-state index contributed by atoms with van der Waals surface area (Å²) in [6.45, 7) is 10.2. The zero-order valence-corrected chi connectivity index (χ0v) is 12.7. The monoisotopic (exact) mass is 287 g/mol. The average molecular weight is 288 g/mol. The van der Waals surface area contributed by atoms with E-state index in [4.69, 9.17) is 4.74 Å². The van der Waals surface area contributed by atoms with Crippen LogP contribution in [0.1, 0.15) is 80.6 Å². The molecule has 0 unspecified atom stereocenters. The predicted octanol–water partition coefficient (Wildman–Crippen LogP) is 5.27. The van der Waals surface area contributed by atoms with Gasteiger partial charge in [0.05, 0.1) is 6.10 Å². The Balaban J connectivity index is 0. The van der Waals surface area contributed by atoms with E-state index in [9.17, 15) is 0 Å². The molecule has 0 bridgehead atoms. The van der Waals surface area contributed by atoms with Crippen LogP contribution in [0, 0.1) is 11.8 Å². The topological polar surface area (TPSA) is 21.3 Å². The van der Waals surface area contributed by atoms with E-state index in [0.717, 1.165) is 18.4 Å². The number of ether oxygens (including phenoxy) is 1. The highest BCUT2D eigenvalue weighted by Gasteiger charge is 2.09. The van der Waals surface area contributed by atoms with Gasteiger partial charge in [-0.25, -0.2) is 0 Å². The number of hydrogen-bond acceptors (Lipinski definition) is 2. The highest BCUT2D eigenvalue weighted by Crippen LogP contribution is 2.24. The molecule has 3 fully saturated rings. The third-order valence-corrected chi connectivity index (χ3v) is 4.09. The van der Waals surface area contributed by atoms with Crippen molar-refractivity contribution < 1.29 is 4.74 Å². The van der Waals surface area contributed by atoms with Crippen molar-refractivity contribution in [1.29, 1.82) is 0 Å². The van der Waals surface area contributed by atoms with Crippen LogP contribution in [0.25, 0.3) is 0 Å². The van der Waals surface area contributed by atoms with E-state index < -0.39 is 0 Å². The molecule has 2 saturated heterocycles. The number of hydrogen-bond donors (Lipinski definition) is 1. The molecule has 0 spiro atoms.